The molecule has 4 aliphatic rings. The third-order valence-electron chi connectivity index (χ3n) is 6.04. The number of hydrogen-bond acceptors (Lipinski definition) is 3. The Morgan fingerprint density at radius 1 is 1.29 bits per heavy atom. The van der Waals surface area contributed by atoms with Gasteiger partial charge in [0.25, 0.3) is 0 Å². The Labute approximate surface area is 127 Å². The van der Waals surface area contributed by atoms with Crippen LogP contribution in [-0.2, 0) is 9.53 Å². The number of nitrogens with zero attached hydrogens (tertiary/aromatic N) is 2. The van der Waals surface area contributed by atoms with Gasteiger partial charge in [-0.15, -0.1) is 0 Å². The Bertz CT molecular complexity index is 403. The summed E-state index contributed by atoms with van der Waals surface area (Å²) in [6, 6.07) is 0. The lowest BCUT2D eigenvalue weighted by molar-refractivity contribution is -0.190. The fraction of sp³-hybridized carbons (Fsp3) is 0.941. The molecule has 21 heavy (non-hydrogen) atoms. The molecule has 4 fully saturated rings. The van der Waals surface area contributed by atoms with E-state index >= 15 is 0 Å². The van der Waals surface area contributed by atoms with E-state index in [2.05, 4.69) is 11.8 Å². The Morgan fingerprint density at radius 2 is 2.00 bits per heavy atom. The van der Waals surface area contributed by atoms with Crippen molar-refractivity contribution < 1.29 is 9.53 Å². The molecular weight excluding hydrogens is 264 g/mol. The SMILES string of the molecule is C[C@@H]1C[C@H]1C(=O)N1CC2(CC[C@H](CN3CCCC3)CO2)C1. The summed E-state index contributed by atoms with van der Waals surface area (Å²) in [6.07, 6.45) is 6.26. The van der Waals surface area contributed by atoms with Crippen molar-refractivity contribution in [1.29, 1.82) is 0 Å². The molecule has 4 heteroatoms. The van der Waals surface area contributed by atoms with Gasteiger partial charge in [-0.2, -0.15) is 0 Å². The molecule has 4 nitrogen and oxygen atoms in total. The van der Waals surface area contributed by atoms with Crippen molar-refractivity contribution >= 4 is 5.91 Å². The Hall–Kier alpha value is -0.610. The zero-order chi connectivity index (χ0) is 14.4. The first-order valence-electron chi connectivity index (χ1n) is 8.80. The minimum absolute atomic E-state index is 0.0231. The summed E-state index contributed by atoms with van der Waals surface area (Å²) in [5, 5.41) is 0. The number of amides is 1. The molecule has 0 aromatic rings. The van der Waals surface area contributed by atoms with E-state index in [4.69, 9.17) is 4.74 Å². The average Bonchev–Trinajstić information content (AvgIpc) is 2.96. The van der Waals surface area contributed by atoms with Gasteiger partial charge in [0.15, 0.2) is 0 Å². The Kier molecular flexibility index (Phi) is 3.49. The van der Waals surface area contributed by atoms with Crippen molar-refractivity contribution in [2.75, 3.05) is 39.3 Å². The molecule has 1 spiro atoms. The quantitative estimate of drug-likeness (QED) is 0.794. The highest BCUT2D eigenvalue weighted by atomic mass is 16.5. The summed E-state index contributed by atoms with van der Waals surface area (Å²) >= 11 is 0. The van der Waals surface area contributed by atoms with Crippen LogP contribution in [0.4, 0.5) is 0 Å². The van der Waals surface area contributed by atoms with Gasteiger partial charge in [0.05, 0.1) is 19.7 Å². The van der Waals surface area contributed by atoms with Crippen molar-refractivity contribution in [3.05, 3.63) is 0 Å². The topological polar surface area (TPSA) is 32.8 Å². The Morgan fingerprint density at radius 3 is 2.57 bits per heavy atom. The first-order chi connectivity index (χ1) is 10.2. The Balaban J connectivity index is 1.22. The number of rotatable bonds is 3. The van der Waals surface area contributed by atoms with Crippen LogP contribution < -0.4 is 0 Å². The molecule has 4 rings (SSSR count). The molecule has 1 aliphatic carbocycles. The second kappa shape index (κ2) is 5.24. The van der Waals surface area contributed by atoms with E-state index in [1.165, 1.54) is 38.9 Å². The highest BCUT2D eigenvalue weighted by molar-refractivity contribution is 5.82. The lowest BCUT2D eigenvalue weighted by Crippen LogP contribution is -2.66. The summed E-state index contributed by atoms with van der Waals surface area (Å²) in [5.41, 5.74) is 0.0231. The van der Waals surface area contributed by atoms with Crippen molar-refractivity contribution in [1.82, 2.24) is 9.80 Å². The van der Waals surface area contributed by atoms with Gasteiger partial charge < -0.3 is 14.5 Å². The van der Waals surface area contributed by atoms with Crippen LogP contribution in [0, 0.1) is 17.8 Å². The largest absolute Gasteiger partial charge is 0.371 e. The second-order valence-electron chi connectivity index (χ2n) is 7.92. The zero-order valence-electron chi connectivity index (χ0n) is 13.2. The monoisotopic (exact) mass is 292 g/mol. The summed E-state index contributed by atoms with van der Waals surface area (Å²) in [7, 11) is 0. The summed E-state index contributed by atoms with van der Waals surface area (Å²) in [5.74, 6) is 2.04. The van der Waals surface area contributed by atoms with Crippen LogP contribution in [0.2, 0.25) is 0 Å². The number of carbonyl (C=O) groups excluding carboxylic acids is 1. The molecule has 3 aliphatic heterocycles. The first-order valence-corrected chi connectivity index (χ1v) is 8.80. The van der Waals surface area contributed by atoms with Crippen LogP contribution >= 0.6 is 0 Å². The smallest absolute Gasteiger partial charge is 0.226 e. The van der Waals surface area contributed by atoms with E-state index in [0.717, 1.165) is 32.5 Å². The number of carbonyl (C=O) groups is 1. The number of ether oxygens (including phenoxy) is 1. The maximum atomic E-state index is 12.2. The third kappa shape index (κ3) is 2.72. The standard InChI is InChI=1S/C17H28N2O2/c1-13-8-15(13)16(20)19-11-17(12-19)5-4-14(10-21-17)9-18-6-2-3-7-18/h13-15H,2-12H2,1H3/t13-,14-,15-/m1/s1. The van der Waals surface area contributed by atoms with Gasteiger partial charge in [-0.25, -0.2) is 0 Å². The lowest BCUT2D eigenvalue weighted by Gasteiger charge is -2.53. The van der Waals surface area contributed by atoms with Crippen LogP contribution in [0.3, 0.4) is 0 Å². The summed E-state index contributed by atoms with van der Waals surface area (Å²) in [4.78, 5) is 16.8. The van der Waals surface area contributed by atoms with Gasteiger partial charge >= 0.3 is 0 Å². The van der Waals surface area contributed by atoms with Crippen molar-refractivity contribution in [2.45, 2.75) is 44.6 Å². The predicted octanol–water partition coefficient (Wildman–Crippen LogP) is 1.75. The van der Waals surface area contributed by atoms with Gasteiger partial charge in [-0.05, 0) is 57.0 Å². The van der Waals surface area contributed by atoms with Crippen LogP contribution in [0.15, 0.2) is 0 Å². The molecule has 1 amide bonds. The molecule has 3 saturated heterocycles. The molecule has 0 aromatic carbocycles. The molecule has 118 valence electrons. The van der Waals surface area contributed by atoms with Crippen LogP contribution in [0.1, 0.15) is 39.0 Å². The number of hydrogen-bond donors (Lipinski definition) is 0. The normalized spacial score (nSPS) is 38.5. The van der Waals surface area contributed by atoms with Crippen molar-refractivity contribution in [2.24, 2.45) is 17.8 Å². The van der Waals surface area contributed by atoms with Crippen molar-refractivity contribution in [3.8, 4) is 0 Å². The predicted molar refractivity (Wildman–Crippen MR) is 80.9 cm³/mol. The van der Waals surface area contributed by atoms with Crippen LogP contribution in [0.5, 0.6) is 0 Å². The molecule has 3 atom stereocenters. The minimum Gasteiger partial charge on any atom is -0.371 e. The molecule has 0 radical (unpaired) electrons. The molecule has 0 bridgehead atoms. The van der Waals surface area contributed by atoms with Gasteiger partial charge in [0.2, 0.25) is 5.91 Å². The van der Waals surface area contributed by atoms with Gasteiger partial charge in [-0.1, -0.05) is 6.92 Å². The van der Waals surface area contributed by atoms with Crippen LogP contribution in [-0.4, -0.2) is 60.6 Å². The first kappa shape index (κ1) is 14.0. The van der Waals surface area contributed by atoms with Crippen molar-refractivity contribution in [3.63, 3.8) is 0 Å². The zero-order valence-corrected chi connectivity index (χ0v) is 13.2. The average molecular weight is 292 g/mol. The highest BCUT2D eigenvalue weighted by Gasteiger charge is 2.52. The van der Waals surface area contributed by atoms with Gasteiger partial charge in [0, 0.05) is 12.5 Å². The highest BCUT2D eigenvalue weighted by Crippen LogP contribution is 2.43. The third-order valence-corrected chi connectivity index (χ3v) is 6.04. The van der Waals surface area contributed by atoms with E-state index in [9.17, 15) is 4.79 Å². The van der Waals surface area contributed by atoms with Crippen LogP contribution in [0.25, 0.3) is 0 Å². The second-order valence-corrected chi connectivity index (χ2v) is 7.92. The van der Waals surface area contributed by atoms with E-state index in [1.807, 2.05) is 4.90 Å². The summed E-state index contributed by atoms with van der Waals surface area (Å²) in [6.45, 7) is 8.57. The number of likely N-dealkylation sites (tertiary alicyclic amines) is 2. The maximum absolute atomic E-state index is 12.2. The lowest BCUT2D eigenvalue weighted by atomic mass is 9.82. The molecule has 0 unspecified atom stereocenters. The van der Waals surface area contributed by atoms with E-state index < -0.39 is 0 Å². The summed E-state index contributed by atoms with van der Waals surface area (Å²) < 4.78 is 6.21. The minimum atomic E-state index is 0.0231. The molecule has 1 saturated carbocycles. The van der Waals surface area contributed by atoms with E-state index in [-0.39, 0.29) is 5.60 Å². The molecule has 0 aromatic heterocycles. The molecule has 0 N–H and O–H groups in total. The van der Waals surface area contributed by atoms with Gasteiger partial charge in [0.1, 0.15) is 5.60 Å². The molecule has 3 heterocycles. The maximum Gasteiger partial charge on any atom is 0.226 e. The fourth-order valence-corrected chi connectivity index (χ4v) is 4.35. The van der Waals surface area contributed by atoms with E-state index in [0.29, 0.717) is 23.7 Å². The fourth-order valence-electron chi connectivity index (χ4n) is 4.35. The molecular formula is C17H28N2O2. The van der Waals surface area contributed by atoms with Gasteiger partial charge in [-0.3, -0.25) is 4.79 Å². The van der Waals surface area contributed by atoms with E-state index in [1.54, 1.807) is 0 Å².